The second kappa shape index (κ2) is 38.4. The van der Waals surface area contributed by atoms with Crippen molar-refractivity contribution in [1.82, 2.24) is 39.6 Å². The molecule has 12 fully saturated rings. The van der Waals surface area contributed by atoms with Crippen LogP contribution in [0.3, 0.4) is 0 Å². The lowest BCUT2D eigenvalue weighted by molar-refractivity contribution is -0.142. The lowest BCUT2D eigenvalue weighted by Crippen LogP contribution is -2.46. The van der Waals surface area contributed by atoms with Crippen molar-refractivity contribution in [3.05, 3.63) is 59.9 Å². The van der Waals surface area contributed by atoms with E-state index in [2.05, 4.69) is 15.5 Å². The average molecular weight is 1700 g/mol. The first-order valence-corrected chi connectivity index (χ1v) is 41.6. The van der Waals surface area contributed by atoms with Crippen LogP contribution in [0.2, 0.25) is 0 Å². The van der Waals surface area contributed by atoms with Gasteiger partial charge in [0.15, 0.2) is 23.0 Å². The number of likely N-dealkylation sites (tertiary alicyclic amines) is 3. The van der Waals surface area contributed by atoms with Gasteiger partial charge in [0.05, 0.1) is 55.4 Å². The van der Waals surface area contributed by atoms with Crippen molar-refractivity contribution in [2.24, 2.45) is 58.6 Å². The summed E-state index contributed by atoms with van der Waals surface area (Å²) in [6.07, 6.45) is 22.5. The molecule has 117 heavy (non-hydrogen) atoms. The molecule has 29 nitrogen and oxygen atoms in total. The predicted molar refractivity (Wildman–Crippen MR) is 448 cm³/mol. The molecule has 2 aromatic heterocycles. The Balaban J connectivity index is 0.000000183. The lowest BCUT2D eigenvalue weighted by Gasteiger charge is -2.35. The minimum Gasteiger partial charge on any atom is -0.480 e. The number of para-hydroxylation sites is 2. The molecule has 12 aliphatic rings. The number of nitrogens with two attached hydrogens (primary N) is 3. The zero-order valence-electron chi connectivity index (χ0n) is 72.6. The van der Waals surface area contributed by atoms with Gasteiger partial charge in [-0.2, -0.15) is 19.9 Å². The molecular formula is C85H130Cl2N11O18P. The summed E-state index contributed by atoms with van der Waals surface area (Å²) < 4.78 is 31.5. The van der Waals surface area contributed by atoms with Crippen molar-refractivity contribution < 1.29 is 88.1 Å². The van der Waals surface area contributed by atoms with Crippen molar-refractivity contribution in [1.29, 1.82) is 3.84 Å². The Hall–Kier alpha value is -6.95. The molecule has 20 atom stereocenters. The Morgan fingerprint density at radius 2 is 0.880 bits per heavy atom. The number of carboxylic acids is 2. The van der Waals surface area contributed by atoms with Crippen LogP contribution in [0, 0.1) is 41.4 Å². The number of ether oxygens (including phenoxy) is 2. The Morgan fingerprint density at radius 3 is 1.24 bits per heavy atom. The largest absolute Gasteiger partial charge is 0.480 e. The normalized spacial score (nSPS) is 33.3. The molecule has 652 valence electrons. The number of aliphatic hydroxyl groups is 4. The van der Waals surface area contributed by atoms with E-state index in [4.69, 9.17) is 40.7 Å². The van der Waals surface area contributed by atoms with Gasteiger partial charge in [-0.15, -0.1) is 24.8 Å². The van der Waals surface area contributed by atoms with Crippen LogP contribution < -0.4 is 22.5 Å². The third-order valence-electron chi connectivity index (χ3n) is 25.1. The van der Waals surface area contributed by atoms with Gasteiger partial charge in [-0.3, -0.25) is 52.7 Å². The van der Waals surface area contributed by atoms with E-state index in [9.17, 15) is 68.4 Å². The molecule has 0 spiro atoms. The number of primary amides is 2. The molecule has 8 unspecified atom stereocenters. The zero-order valence-corrected chi connectivity index (χ0v) is 72.1. The fourth-order valence-corrected chi connectivity index (χ4v) is 19.5. The summed E-state index contributed by atoms with van der Waals surface area (Å²) >= 11 is 0. The third-order valence-corrected chi connectivity index (χ3v) is 25.1. The highest BCUT2D eigenvalue weighted by Gasteiger charge is 2.60. The number of fused-ring (bicyclic) bond motifs is 6. The van der Waals surface area contributed by atoms with Gasteiger partial charge in [0.2, 0.25) is 5.91 Å². The maximum atomic E-state index is 13.3. The highest BCUT2D eigenvalue weighted by atomic mass is 35.5. The summed E-state index contributed by atoms with van der Waals surface area (Å²) in [6.45, 7) is 18.1. The molecular weight excluding hydrogens is 1560 g/mol. The molecule has 0 bridgehead atoms. The number of aromatic nitrogens is 4. The van der Waals surface area contributed by atoms with Gasteiger partial charge in [0, 0.05) is 60.2 Å². The first-order chi connectivity index (χ1) is 55.0. The second-order valence-corrected chi connectivity index (χ2v) is 38.3. The maximum absolute atomic E-state index is 13.3. The Bertz CT molecular complexity index is 4290. The smallest absolute Gasteiger partial charge is 0.411 e. The first-order valence-electron chi connectivity index (χ1n) is 42.9. The molecule has 6 heterocycles. The monoisotopic (exact) mass is 1700 g/mol. The number of piperidine rings is 4. The van der Waals surface area contributed by atoms with Gasteiger partial charge >= 0.3 is 24.1 Å². The lowest BCUT2D eigenvalue weighted by atomic mass is 9.76. The summed E-state index contributed by atoms with van der Waals surface area (Å²) in [4.78, 5) is 125. The zero-order chi connectivity index (χ0) is 86.6. The van der Waals surface area contributed by atoms with Crippen LogP contribution in [-0.2, 0) is 51.3 Å². The molecule has 8 aliphatic carbocycles. The van der Waals surface area contributed by atoms with Crippen LogP contribution in [0.15, 0.2) is 48.5 Å². The topological polar surface area (TPSA) is 446 Å². The van der Waals surface area contributed by atoms with E-state index in [1.807, 2.05) is 60.6 Å². The minimum atomic E-state index is -1.87. The Kier molecular flexibility index (Phi) is 29.8. The quantitative estimate of drug-likeness (QED) is 0.0466. The number of nitrogens with zero attached hydrogens (tertiary/aromatic N) is 7. The first kappa shape index (κ1) is 90.8. The predicted octanol–water partition coefficient (Wildman–Crippen LogP) is 10.2. The molecule has 13 N–H and O–H groups in total. The fourth-order valence-electron chi connectivity index (χ4n) is 19.5. The fraction of sp³-hybridized carbons (Fsp3) is 0.718. The van der Waals surface area contributed by atoms with Gasteiger partial charge in [-0.05, 0) is 258 Å². The van der Waals surface area contributed by atoms with E-state index in [-0.39, 0.29) is 121 Å². The number of benzene rings is 2. The highest BCUT2D eigenvalue weighted by Crippen LogP contribution is 2.52. The van der Waals surface area contributed by atoms with Crippen LogP contribution in [0.25, 0.3) is 21.8 Å². The number of hydrogen-bond acceptors (Lipinski definition) is 20. The van der Waals surface area contributed by atoms with Gasteiger partial charge in [0.25, 0.3) is 11.8 Å². The van der Waals surface area contributed by atoms with Crippen molar-refractivity contribution in [3.8, 4) is 0 Å². The average Bonchev–Trinajstić information content (AvgIpc) is 1.59. The number of nitrogens with one attached hydrogen (secondary N) is 1. The van der Waals surface area contributed by atoms with Crippen LogP contribution in [0.4, 0.5) is 9.59 Å². The van der Waals surface area contributed by atoms with Gasteiger partial charge in [0.1, 0.15) is 36.1 Å². The molecule has 8 saturated carbocycles. The highest BCUT2D eigenvalue weighted by molar-refractivity contribution is 6.92. The number of carbonyl (C=O) groups is 10. The van der Waals surface area contributed by atoms with Crippen molar-refractivity contribution in [2.75, 3.05) is 0 Å². The number of Topliss-reactive ketones (excluding diaryl/α,β-unsaturated/α-hetero) is 3. The molecule has 5 amide bonds. The van der Waals surface area contributed by atoms with E-state index in [1.54, 1.807) is 67.0 Å². The van der Waals surface area contributed by atoms with Crippen LogP contribution in [0.5, 0.6) is 0 Å². The molecule has 0 radical (unpaired) electrons. The van der Waals surface area contributed by atoms with E-state index in [0.29, 0.717) is 95.8 Å². The second-order valence-electron chi connectivity index (χ2n) is 38.3. The van der Waals surface area contributed by atoms with Crippen LogP contribution >= 0.6 is 34.5 Å². The van der Waals surface area contributed by atoms with Gasteiger partial charge in [-0.25, -0.2) is 14.4 Å². The molecule has 4 aromatic rings. The van der Waals surface area contributed by atoms with E-state index >= 15 is 0 Å². The van der Waals surface area contributed by atoms with Crippen molar-refractivity contribution >= 4 is 116 Å². The molecule has 2 aromatic carbocycles. The number of carbonyl (C=O) groups excluding carboxylic acids is 8. The summed E-state index contributed by atoms with van der Waals surface area (Å²) in [5.74, 6) is 0.0954. The summed E-state index contributed by atoms with van der Waals surface area (Å²) in [5.41, 5.74) is 14.3. The molecule has 16 rings (SSSR count). The van der Waals surface area contributed by atoms with Gasteiger partial charge in [-0.1, -0.05) is 55.7 Å². The number of hydrogen-bond donors (Lipinski definition) is 10. The van der Waals surface area contributed by atoms with Gasteiger partial charge < -0.3 is 67.5 Å². The molecule has 32 heteroatoms. The number of ketones is 3. The van der Waals surface area contributed by atoms with Crippen molar-refractivity contribution in [2.45, 2.75) is 344 Å². The molecule has 4 saturated heterocycles. The Labute approximate surface area is 705 Å². The van der Waals surface area contributed by atoms with E-state index in [0.717, 1.165) is 134 Å². The SMILES string of the molecule is CC(C)(C)OC(=O)N1[C@@H]2C[C@@H]2C[C@H]1C(=O)O.CC1(O)CCCC(CC(=O)[C@@H]2C[C@H]3C[C@H]3N2)C1.CC1(O)CCCC(CC(=O)[C@@H]2C[C@H]3C[C@H]3N2C(=O)Cn2nc(C(N)=O)c3ccccc32)C1.CC1(O)CCCC(CC(=O)[C@@H]2C[C@H]3C[C@H]3N2C(=O)OC(C)(C)C)C1.CC1(O)CCCC(N)C1.Cl.Cl.NC(=O)c1nn(CC(=O)O)c2ccccc12.[3H]P([3H])[3H]. The third kappa shape index (κ3) is 25.6. The number of amides is 5. The van der Waals surface area contributed by atoms with Crippen LogP contribution in [-0.4, -0.2) is 216 Å². The summed E-state index contributed by atoms with van der Waals surface area (Å²) in [7, 11) is -1.87. The number of halogens is 2. The summed E-state index contributed by atoms with van der Waals surface area (Å²) in [6, 6.07) is 14.1. The van der Waals surface area contributed by atoms with E-state index < -0.39 is 85.3 Å². The minimum absolute atomic E-state index is 0. The van der Waals surface area contributed by atoms with Crippen LogP contribution in [0.1, 0.15) is 264 Å². The maximum Gasteiger partial charge on any atom is 0.411 e. The standard InChI is InChI=1S/C24H30N4O4.C19H31NO4.C14H23NO2.C11H17NO4.C10H9N3O3.C7H15NO.2ClH.H3P/c1-24(32)8-4-5-14(12-24)9-20(29)19-11-15-10-18(15)28(19)21(30)13-27-17-7-3-2-6-16(17)22(26-27)23(25)31;1-18(2,3)24-17(22)20-14-9-13(14)10-15(20)16(21)8-12-6-5-7-19(4,23)11-12;1-14(17)4-2-3-9(8-14)5-13(16)12-7-10-6-11(10)15-12;1-11(2,3)16-10(15)12-7-4-6(7)5-8(12)9(13)14;11-10(16)9-6-3-1-2-4-7(6)13(12-9)5-8(14)15;1-7(9)4-2-3-6(8)5-7;;;/h2-3,6-7,14-15,18-19,32H,4-5,8-13H2,1H3,(H2,25,31);12-15,23H,5-11H2,1-4H3;9-12,15,17H,2-8H2,1H3;6-8H,4-5H2,1-3H3,(H,13,14);1-4H,5H2,(H2,11,16)(H,14,15);6,9H,2-5,8H2,1H3;2*1H;1H3/t14?,15-,18-,19+,24?;12?,13-,14-,15+,19?;9?,10-,11-,12+,14?;6-,7-,8+;;;;;/m1111...../s1/i;;;;;;;;1T3. The number of aliphatic carboxylic acids is 2. The van der Waals surface area contributed by atoms with Crippen molar-refractivity contribution in [3.63, 3.8) is 0 Å². The number of carboxylic acid groups (broad SMARTS) is 2. The number of rotatable bonds is 16. The molecule has 4 aliphatic heterocycles. The summed E-state index contributed by atoms with van der Waals surface area (Å²) in [5, 5.41) is 70.7. The Morgan fingerprint density at radius 1 is 0.513 bits per heavy atom. The van der Waals surface area contributed by atoms with E-state index in [1.165, 1.54) is 20.7 Å².